The molecule has 1 aliphatic rings. The standard InChI is InChI=1S/C26H32ClN3O2S.ClH/c1-18-16-21(27)17-22-23(18)28-25(33-22)30(11-5-10-29-12-14-32-15-13-29)24(31)19-6-8-20(9-7-19)26(2,3)4;/h6-9,16-17H,5,10-15H2,1-4H3;1H. The second-order valence-corrected chi connectivity index (χ2v) is 11.1. The Kier molecular flexibility index (Phi) is 8.98. The second-order valence-electron chi connectivity index (χ2n) is 9.66. The summed E-state index contributed by atoms with van der Waals surface area (Å²) in [5, 5.41) is 1.42. The molecule has 0 aliphatic carbocycles. The van der Waals surface area contributed by atoms with Crippen molar-refractivity contribution in [2.24, 2.45) is 0 Å². The Bertz CT molecular complexity index is 1120. The Balaban J connectivity index is 0.00000324. The lowest BCUT2D eigenvalue weighted by Crippen LogP contribution is -2.39. The smallest absolute Gasteiger partial charge is 0.260 e. The van der Waals surface area contributed by atoms with Crippen molar-refractivity contribution in [1.82, 2.24) is 9.88 Å². The molecule has 1 aliphatic heterocycles. The van der Waals surface area contributed by atoms with Gasteiger partial charge in [0.2, 0.25) is 0 Å². The lowest BCUT2D eigenvalue weighted by atomic mass is 9.86. The molecule has 0 bridgehead atoms. The number of thiazole rings is 1. The first-order valence-corrected chi connectivity index (χ1v) is 12.7. The van der Waals surface area contributed by atoms with Crippen LogP contribution in [0.1, 0.15) is 48.7 Å². The van der Waals surface area contributed by atoms with Crippen molar-refractivity contribution in [2.75, 3.05) is 44.3 Å². The van der Waals surface area contributed by atoms with Gasteiger partial charge in [-0.15, -0.1) is 12.4 Å². The van der Waals surface area contributed by atoms with Crippen LogP contribution in [0.5, 0.6) is 0 Å². The molecule has 0 radical (unpaired) electrons. The Morgan fingerprint density at radius 2 is 1.85 bits per heavy atom. The molecule has 2 aromatic carbocycles. The number of benzene rings is 2. The molecular formula is C26H33Cl2N3O2S. The van der Waals surface area contributed by atoms with Crippen molar-refractivity contribution in [3.63, 3.8) is 0 Å². The normalized spacial score (nSPS) is 14.7. The third-order valence-electron chi connectivity index (χ3n) is 6.07. The molecule has 34 heavy (non-hydrogen) atoms. The van der Waals surface area contributed by atoms with E-state index in [1.54, 1.807) is 0 Å². The fourth-order valence-electron chi connectivity index (χ4n) is 4.09. The van der Waals surface area contributed by atoms with Crippen molar-refractivity contribution in [3.05, 3.63) is 58.1 Å². The Morgan fingerprint density at radius 3 is 2.50 bits per heavy atom. The van der Waals surface area contributed by atoms with E-state index >= 15 is 0 Å². The molecule has 2 heterocycles. The number of hydrogen-bond acceptors (Lipinski definition) is 5. The van der Waals surface area contributed by atoms with Gasteiger partial charge in [0, 0.05) is 36.8 Å². The van der Waals surface area contributed by atoms with Crippen LogP contribution in [0.25, 0.3) is 10.2 Å². The van der Waals surface area contributed by atoms with Gasteiger partial charge in [-0.25, -0.2) is 4.98 Å². The third-order valence-corrected chi connectivity index (χ3v) is 7.32. The van der Waals surface area contributed by atoms with Crippen molar-refractivity contribution in [1.29, 1.82) is 0 Å². The molecule has 0 unspecified atom stereocenters. The first-order valence-electron chi connectivity index (χ1n) is 11.5. The monoisotopic (exact) mass is 521 g/mol. The lowest BCUT2D eigenvalue weighted by molar-refractivity contribution is 0.0376. The highest BCUT2D eigenvalue weighted by Gasteiger charge is 2.23. The van der Waals surface area contributed by atoms with Gasteiger partial charge in [0.25, 0.3) is 5.91 Å². The molecule has 0 atom stereocenters. The topological polar surface area (TPSA) is 45.7 Å². The van der Waals surface area contributed by atoms with Crippen LogP contribution in [0, 0.1) is 6.92 Å². The minimum atomic E-state index is -0.0137. The highest BCUT2D eigenvalue weighted by atomic mass is 35.5. The maximum absolute atomic E-state index is 13.7. The van der Waals surface area contributed by atoms with E-state index < -0.39 is 0 Å². The summed E-state index contributed by atoms with van der Waals surface area (Å²) in [6.45, 7) is 13.5. The highest BCUT2D eigenvalue weighted by Crippen LogP contribution is 2.34. The van der Waals surface area contributed by atoms with Crippen LogP contribution in [-0.4, -0.2) is 55.2 Å². The maximum Gasteiger partial charge on any atom is 0.260 e. The van der Waals surface area contributed by atoms with E-state index in [4.69, 9.17) is 21.3 Å². The van der Waals surface area contributed by atoms with Gasteiger partial charge in [0.15, 0.2) is 5.13 Å². The average molecular weight is 523 g/mol. The number of rotatable bonds is 6. The molecule has 184 valence electrons. The van der Waals surface area contributed by atoms with Crippen molar-refractivity contribution in [2.45, 2.75) is 39.5 Å². The number of anilines is 1. The zero-order valence-corrected chi connectivity index (χ0v) is 22.7. The minimum absolute atomic E-state index is 0. The third kappa shape index (κ3) is 6.29. The van der Waals surface area contributed by atoms with E-state index in [0.29, 0.717) is 17.1 Å². The Hall–Kier alpha value is -1.70. The molecule has 1 saturated heterocycles. The van der Waals surface area contributed by atoms with Gasteiger partial charge >= 0.3 is 0 Å². The number of ether oxygens (including phenoxy) is 1. The number of halogens is 2. The Labute approximate surface area is 217 Å². The zero-order chi connectivity index (χ0) is 23.6. The first-order chi connectivity index (χ1) is 15.7. The summed E-state index contributed by atoms with van der Waals surface area (Å²) in [5.41, 5.74) is 3.87. The molecule has 1 fully saturated rings. The van der Waals surface area contributed by atoms with Crippen LogP contribution in [-0.2, 0) is 10.2 Å². The lowest BCUT2D eigenvalue weighted by Gasteiger charge is -2.28. The summed E-state index contributed by atoms with van der Waals surface area (Å²) >= 11 is 7.80. The van der Waals surface area contributed by atoms with E-state index in [1.165, 1.54) is 16.9 Å². The number of fused-ring (bicyclic) bond motifs is 1. The molecule has 0 N–H and O–H groups in total. The van der Waals surface area contributed by atoms with Gasteiger partial charge in [0.1, 0.15) is 0 Å². The van der Waals surface area contributed by atoms with E-state index in [0.717, 1.165) is 60.2 Å². The number of amides is 1. The maximum atomic E-state index is 13.7. The molecule has 4 rings (SSSR count). The molecular weight excluding hydrogens is 489 g/mol. The Morgan fingerprint density at radius 1 is 1.18 bits per heavy atom. The fourth-order valence-corrected chi connectivity index (χ4v) is 5.53. The van der Waals surface area contributed by atoms with Crippen LogP contribution in [0.4, 0.5) is 5.13 Å². The number of hydrogen-bond donors (Lipinski definition) is 0. The van der Waals surface area contributed by atoms with Gasteiger partial charge in [-0.2, -0.15) is 0 Å². The van der Waals surface area contributed by atoms with Gasteiger partial charge in [-0.05, 0) is 54.2 Å². The molecule has 5 nitrogen and oxygen atoms in total. The van der Waals surface area contributed by atoms with Crippen LogP contribution in [0.3, 0.4) is 0 Å². The van der Waals surface area contributed by atoms with E-state index in [2.05, 4.69) is 37.8 Å². The van der Waals surface area contributed by atoms with Gasteiger partial charge in [0.05, 0.1) is 23.4 Å². The van der Waals surface area contributed by atoms with Crippen LogP contribution < -0.4 is 4.90 Å². The number of nitrogens with zero attached hydrogens (tertiary/aromatic N) is 3. The van der Waals surface area contributed by atoms with Crippen LogP contribution in [0.15, 0.2) is 36.4 Å². The van der Waals surface area contributed by atoms with Crippen molar-refractivity contribution < 1.29 is 9.53 Å². The highest BCUT2D eigenvalue weighted by molar-refractivity contribution is 7.22. The quantitative estimate of drug-likeness (QED) is 0.379. The second kappa shape index (κ2) is 11.4. The number of carbonyl (C=O) groups excluding carboxylic acids is 1. The molecule has 0 spiro atoms. The van der Waals surface area contributed by atoms with Gasteiger partial charge in [-0.1, -0.05) is 55.8 Å². The molecule has 8 heteroatoms. The summed E-state index contributed by atoms with van der Waals surface area (Å²) in [5.74, 6) is -0.0137. The molecule has 0 saturated carbocycles. The minimum Gasteiger partial charge on any atom is -0.379 e. The van der Waals surface area contributed by atoms with E-state index in [1.807, 2.05) is 36.1 Å². The summed E-state index contributed by atoms with van der Waals surface area (Å²) < 4.78 is 6.46. The molecule has 3 aromatic rings. The molecule has 1 amide bonds. The fraction of sp³-hybridized carbons (Fsp3) is 0.462. The van der Waals surface area contributed by atoms with Crippen LogP contribution >= 0.6 is 35.3 Å². The summed E-state index contributed by atoms with van der Waals surface area (Å²) in [6.07, 6.45) is 0.876. The summed E-state index contributed by atoms with van der Waals surface area (Å²) in [4.78, 5) is 22.7. The van der Waals surface area contributed by atoms with Crippen LogP contribution in [0.2, 0.25) is 5.02 Å². The van der Waals surface area contributed by atoms with E-state index in [9.17, 15) is 4.79 Å². The zero-order valence-electron chi connectivity index (χ0n) is 20.3. The van der Waals surface area contributed by atoms with Gasteiger partial charge in [-0.3, -0.25) is 14.6 Å². The first kappa shape index (κ1) is 26.9. The average Bonchev–Trinajstić information content (AvgIpc) is 3.20. The summed E-state index contributed by atoms with van der Waals surface area (Å²) in [6, 6.07) is 11.8. The van der Waals surface area contributed by atoms with Crippen molar-refractivity contribution in [3.8, 4) is 0 Å². The number of morpholine rings is 1. The predicted molar refractivity (Wildman–Crippen MR) is 145 cm³/mol. The number of aryl methyl sites for hydroxylation is 1. The van der Waals surface area contributed by atoms with Gasteiger partial charge < -0.3 is 4.74 Å². The van der Waals surface area contributed by atoms with Crippen molar-refractivity contribution >= 4 is 56.6 Å². The predicted octanol–water partition coefficient (Wildman–Crippen LogP) is 6.35. The number of carbonyl (C=O) groups is 1. The number of aromatic nitrogens is 1. The van der Waals surface area contributed by atoms with E-state index in [-0.39, 0.29) is 23.7 Å². The molecule has 1 aromatic heterocycles. The largest absolute Gasteiger partial charge is 0.379 e. The summed E-state index contributed by atoms with van der Waals surface area (Å²) in [7, 11) is 0. The SMILES string of the molecule is Cc1cc(Cl)cc2sc(N(CCCN3CCOCC3)C(=O)c3ccc(C(C)(C)C)cc3)nc12.Cl.